The number of alkyl halides is 1. The van der Waals surface area contributed by atoms with Crippen LogP contribution in [0, 0.1) is 0 Å². The number of thiazole rings is 1. The van der Waals surface area contributed by atoms with E-state index < -0.39 is 0 Å². The van der Waals surface area contributed by atoms with E-state index in [9.17, 15) is 0 Å². The lowest BCUT2D eigenvalue weighted by atomic mass is 10.3. The summed E-state index contributed by atoms with van der Waals surface area (Å²) in [5.74, 6) is 1.71. The molecule has 0 amide bonds. The van der Waals surface area contributed by atoms with Crippen LogP contribution in [0.3, 0.4) is 0 Å². The highest BCUT2D eigenvalue weighted by molar-refractivity contribution is 9.10. The third-order valence-corrected chi connectivity index (χ3v) is 4.49. The summed E-state index contributed by atoms with van der Waals surface area (Å²) in [5.41, 5.74) is 0. The van der Waals surface area contributed by atoms with Gasteiger partial charge in [0.1, 0.15) is 16.7 Å². The molecule has 0 aliphatic carbocycles. The molecule has 18 heavy (non-hydrogen) atoms. The fourth-order valence-electron chi connectivity index (χ4n) is 1.22. The lowest BCUT2D eigenvalue weighted by Gasteiger charge is -2.06. The van der Waals surface area contributed by atoms with Gasteiger partial charge in [0.15, 0.2) is 0 Å². The topological polar surface area (TPSA) is 31.4 Å². The summed E-state index contributed by atoms with van der Waals surface area (Å²) in [6.45, 7) is 0. The van der Waals surface area contributed by atoms with Gasteiger partial charge in [-0.3, -0.25) is 0 Å². The average Bonchev–Trinajstić information content (AvgIpc) is 2.72. The second-order valence-electron chi connectivity index (χ2n) is 3.23. The summed E-state index contributed by atoms with van der Waals surface area (Å²) in [6.07, 6.45) is 0. The van der Waals surface area contributed by atoms with Gasteiger partial charge in [-0.1, -0.05) is 22.9 Å². The molecule has 0 unspecified atom stereocenters. The Morgan fingerprint density at radius 1 is 1.44 bits per heavy atom. The van der Waals surface area contributed by atoms with Crippen LogP contribution in [0.1, 0.15) is 4.88 Å². The first-order chi connectivity index (χ1) is 8.63. The fourth-order valence-corrected chi connectivity index (χ4v) is 2.99. The fraction of sp³-hybridized carbons (Fsp3) is 0.182. The maximum Gasteiger partial charge on any atom is 0.280 e. The smallest absolute Gasteiger partial charge is 0.280 e. The summed E-state index contributed by atoms with van der Waals surface area (Å²) in [4.78, 5) is 4.88. The molecule has 0 fully saturated rings. The number of halogens is 3. The standard InChI is InChI=1S/C11H8BrCl2NO2S/c1-16-6-2-3-8(7(12)4-6)17-11-15-10(14)9(5-13)18-11/h2-4H,5H2,1H3. The zero-order valence-electron chi connectivity index (χ0n) is 9.25. The molecule has 0 atom stereocenters. The van der Waals surface area contributed by atoms with Crippen molar-refractivity contribution in [2.45, 2.75) is 5.88 Å². The molecule has 3 nitrogen and oxygen atoms in total. The minimum absolute atomic E-state index is 0.323. The highest BCUT2D eigenvalue weighted by atomic mass is 79.9. The molecule has 1 heterocycles. The maximum atomic E-state index is 5.90. The van der Waals surface area contributed by atoms with Crippen molar-refractivity contribution in [3.05, 3.63) is 32.7 Å². The van der Waals surface area contributed by atoms with E-state index in [-0.39, 0.29) is 0 Å². The van der Waals surface area contributed by atoms with Gasteiger partial charge in [-0.05, 0) is 34.1 Å². The highest BCUT2D eigenvalue weighted by Gasteiger charge is 2.12. The van der Waals surface area contributed by atoms with Crippen LogP contribution in [0.15, 0.2) is 22.7 Å². The monoisotopic (exact) mass is 367 g/mol. The van der Waals surface area contributed by atoms with Gasteiger partial charge in [0, 0.05) is 0 Å². The Labute approximate surface area is 127 Å². The number of methoxy groups -OCH3 is 1. The van der Waals surface area contributed by atoms with Crippen molar-refractivity contribution in [1.82, 2.24) is 4.98 Å². The van der Waals surface area contributed by atoms with Crippen LogP contribution < -0.4 is 9.47 Å². The van der Waals surface area contributed by atoms with Crippen LogP contribution in [0.2, 0.25) is 5.15 Å². The summed E-state index contributed by atoms with van der Waals surface area (Å²) in [6, 6.07) is 5.41. The number of nitrogens with zero attached hydrogens (tertiary/aromatic N) is 1. The van der Waals surface area contributed by atoms with Crippen LogP contribution in [0.4, 0.5) is 0 Å². The number of hydrogen-bond acceptors (Lipinski definition) is 4. The van der Waals surface area contributed by atoms with E-state index in [2.05, 4.69) is 20.9 Å². The molecule has 0 bridgehead atoms. The first-order valence-electron chi connectivity index (χ1n) is 4.86. The second kappa shape index (κ2) is 6.10. The number of ether oxygens (including phenoxy) is 2. The van der Waals surface area contributed by atoms with E-state index in [0.717, 1.165) is 15.1 Å². The zero-order chi connectivity index (χ0) is 13.1. The Kier molecular flexibility index (Phi) is 4.72. The van der Waals surface area contributed by atoms with E-state index >= 15 is 0 Å². The van der Waals surface area contributed by atoms with E-state index in [1.54, 1.807) is 19.2 Å². The van der Waals surface area contributed by atoms with Gasteiger partial charge in [-0.15, -0.1) is 11.6 Å². The normalized spacial score (nSPS) is 10.4. The molecular formula is C11H8BrCl2NO2S. The van der Waals surface area contributed by atoms with E-state index in [1.807, 2.05) is 6.07 Å². The molecule has 0 radical (unpaired) electrons. The van der Waals surface area contributed by atoms with Crippen molar-refractivity contribution in [1.29, 1.82) is 0 Å². The zero-order valence-corrected chi connectivity index (χ0v) is 13.2. The molecule has 1 aromatic heterocycles. The average molecular weight is 369 g/mol. The van der Waals surface area contributed by atoms with Crippen molar-refractivity contribution in [2.75, 3.05) is 7.11 Å². The Hall–Kier alpha value is -0.490. The van der Waals surface area contributed by atoms with Crippen molar-refractivity contribution in [3.8, 4) is 16.7 Å². The molecule has 0 saturated carbocycles. The SMILES string of the molecule is COc1ccc(Oc2nc(Cl)c(CCl)s2)c(Br)c1. The van der Waals surface area contributed by atoms with Gasteiger partial charge >= 0.3 is 0 Å². The molecule has 7 heteroatoms. The van der Waals surface area contributed by atoms with Crippen molar-refractivity contribution in [2.24, 2.45) is 0 Å². The third kappa shape index (κ3) is 3.09. The third-order valence-electron chi connectivity index (χ3n) is 2.09. The Morgan fingerprint density at radius 2 is 2.22 bits per heavy atom. The lowest BCUT2D eigenvalue weighted by molar-refractivity contribution is 0.412. The van der Waals surface area contributed by atoms with Gasteiger partial charge < -0.3 is 9.47 Å². The van der Waals surface area contributed by atoms with Crippen molar-refractivity contribution < 1.29 is 9.47 Å². The van der Waals surface area contributed by atoms with E-state index in [1.165, 1.54) is 11.3 Å². The highest BCUT2D eigenvalue weighted by Crippen LogP contribution is 2.36. The van der Waals surface area contributed by atoms with Crippen LogP contribution in [0.5, 0.6) is 16.7 Å². The van der Waals surface area contributed by atoms with Crippen LogP contribution in [0.25, 0.3) is 0 Å². The van der Waals surface area contributed by atoms with Crippen LogP contribution >= 0.6 is 50.5 Å². The molecule has 96 valence electrons. The molecule has 2 aromatic rings. The number of hydrogen-bond donors (Lipinski definition) is 0. The van der Waals surface area contributed by atoms with Crippen molar-refractivity contribution >= 4 is 50.5 Å². The minimum atomic E-state index is 0.323. The van der Waals surface area contributed by atoms with Gasteiger partial charge in [0.25, 0.3) is 5.19 Å². The first kappa shape index (κ1) is 13.9. The second-order valence-corrected chi connectivity index (χ2v) is 5.75. The molecule has 0 N–H and O–H groups in total. The summed E-state index contributed by atoms with van der Waals surface area (Å²) < 4.78 is 11.5. The predicted molar refractivity (Wildman–Crippen MR) is 77.4 cm³/mol. The Bertz CT molecular complexity index is 562. The van der Waals surface area contributed by atoms with E-state index in [4.69, 9.17) is 32.7 Å². The summed E-state index contributed by atoms with van der Waals surface area (Å²) >= 11 is 16.4. The van der Waals surface area contributed by atoms with Crippen molar-refractivity contribution in [3.63, 3.8) is 0 Å². The molecule has 0 aliphatic heterocycles. The molecular weight excluding hydrogens is 361 g/mol. The maximum absolute atomic E-state index is 5.90. The molecule has 1 aromatic carbocycles. The number of benzene rings is 1. The molecule has 0 aliphatic rings. The molecule has 0 spiro atoms. The van der Waals surface area contributed by atoms with Crippen LogP contribution in [-0.4, -0.2) is 12.1 Å². The molecule has 2 rings (SSSR count). The minimum Gasteiger partial charge on any atom is -0.497 e. The lowest BCUT2D eigenvalue weighted by Crippen LogP contribution is -1.87. The predicted octanol–water partition coefficient (Wildman–Crippen LogP) is 5.10. The Balaban J connectivity index is 2.22. The number of aromatic nitrogens is 1. The summed E-state index contributed by atoms with van der Waals surface area (Å²) in [5, 5.41) is 0.844. The van der Waals surface area contributed by atoms with E-state index in [0.29, 0.717) is 22.0 Å². The van der Waals surface area contributed by atoms with Gasteiger partial charge in [-0.25, -0.2) is 0 Å². The largest absolute Gasteiger partial charge is 0.497 e. The summed E-state index contributed by atoms with van der Waals surface area (Å²) in [7, 11) is 1.61. The Morgan fingerprint density at radius 3 is 2.78 bits per heavy atom. The molecule has 0 saturated heterocycles. The quantitative estimate of drug-likeness (QED) is 0.703. The number of rotatable bonds is 4. The van der Waals surface area contributed by atoms with Gasteiger partial charge in [-0.2, -0.15) is 4.98 Å². The van der Waals surface area contributed by atoms with Crippen LogP contribution in [-0.2, 0) is 5.88 Å². The van der Waals surface area contributed by atoms with Gasteiger partial charge in [0.2, 0.25) is 0 Å². The first-order valence-corrected chi connectivity index (χ1v) is 7.38. The van der Waals surface area contributed by atoms with Gasteiger partial charge in [0.05, 0.1) is 22.3 Å².